The number of phenols is 2. The Morgan fingerprint density at radius 1 is 0.589 bits per heavy atom. The summed E-state index contributed by atoms with van der Waals surface area (Å²) in [7, 11) is 3.00. The van der Waals surface area contributed by atoms with Gasteiger partial charge in [-0.25, -0.2) is 0 Å². The van der Waals surface area contributed by atoms with Gasteiger partial charge in [0.2, 0.25) is 65.0 Å². The molecule has 10 atom stereocenters. The number of phenolic OH excluding ortho intramolecular Hbond substituents is 2. The minimum Gasteiger partial charge on any atom is -0.508 e. The van der Waals surface area contributed by atoms with E-state index in [1.54, 1.807) is 6.92 Å². The summed E-state index contributed by atoms with van der Waals surface area (Å²) >= 11 is 0. The van der Waals surface area contributed by atoms with Crippen molar-refractivity contribution in [2.75, 3.05) is 51.3 Å². The van der Waals surface area contributed by atoms with Crippen molar-refractivity contribution in [2.45, 2.75) is 216 Å². The number of carbonyl (C=O) groups is 16. The number of aliphatic imine (C=N–C) groups is 1. The molecule has 38 heteroatoms. The second kappa shape index (κ2) is 52.1. The molecule has 11 amide bonds. The SMILES string of the molecule is CSSCC(N)C(=O)CCCCCCC(=O)CC(CCC(=O)NCCCCC1NC(=O)[C@@H](CCCN=C(C)N)NC(=O)CNC(=O)[C@@H](COC=O)CC(=O)[C@H](Cc2ccc(O)cc2)NC1=O)C(=O)NCCCCC1NC(=O)[C@@H](CCCCC(=N)N)NC(=O)CNC(=O)[C@@H](CC(=O)O)NC(=O)[C@H](Cc2ccc(O)cc2)NC1=O. The molecule has 2 heterocycles. The molecule has 2 aliphatic rings. The number of aliphatic carboxylic acids is 1. The highest BCUT2D eigenvalue weighted by molar-refractivity contribution is 8.76. The summed E-state index contributed by atoms with van der Waals surface area (Å²) in [6.07, 6.45) is 3.40. The number of aromatic hydroxyl groups is 2. The third-order valence-corrected chi connectivity index (χ3v) is 20.2. The second-order valence-corrected chi connectivity index (χ2v) is 30.2. The molecule has 618 valence electrons. The Labute approximate surface area is 657 Å². The Hall–Kier alpha value is -10.2. The average molecular weight is 1610 g/mol. The van der Waals surface area contributed by atoms with Crippen molar-refractivity contribution in [1.29, 1.82) is 5.41 Å². The summed E-state index contributed by atoms with van der Waals surface area (Å²) < 4.78 is 4.87. The number of carbonyl (C=O) groups excluding carboxylic acids is 15. The van der Waals surface area contributed by atoms with Gasteiger partial charge >= 0.3 is 5.97 Å². The van der Waals surface area contributed by atoms with E-state index in [1.165, 1.54) is 70.1 Å². The first-order valence-corrected chi connectivity index (χ1v) is 40.3. The van der Waals surface area contributed by atoms with Crippen molar-refractivity contribution in [1.82, 2.24) is 58.5 Å². The minimum atomic E-state index is -1.74. The van der Waals surface area contributed by atoms with Crippen LogP contribution in [0.3, 0.4) is 0 Å². The molecule has 0 spiro atoms. The van der Waals surface area contributed by atoms with E-state index in [0.717, 1.165) is 0 Å². The standard InChI is InChI=1S/C74H110N16O20S2/c1-44(75)79-33-13-18-54-71(106)86-55(72(107)88-57(34-45-21-26-49(92)27-22-45)61(96)37-48(41-110-43-91)68(103)82-39-64(98)85-54)16-9-11-31-80-63(97)30-25-47(36-51(94)14-5-3-4-6-19-60(95)52(76)42-112-111-2)67(102)81-32-12-10-17-56-73(108)89-58(35-46-23-28-50(93)29-24-46)74(109)90-59(38-66(100)101)69(104)83-40-65(99)84-53(70(105)87-56)15-7-8-20-62(77)78/h21-24,26-29,43,47-48,52-59,92-93H,3-20,25,30-42,76H2,1-2H3,(H2,75,79)(H3,77,78)(H,80,97)(H,81,102)(H,82,103)(H,83,104)(H,84,99)(H,85,98)(H,86,106)(H,87,105)(H,88,107)(H,89,108)(H,90,109)(H,100,101)/t47?,48-,52?,53-,54-,55?,56?,57+,58+,59-/m1/s1. The van der Waals surface area contributed by atoms with Crippen LogP contribution in [-0.2, 0) is 94.3 Å². The molecular weight excluding hydrogens is 1500 g/mol. The molecule has 0 saturated carbocycles. The summed E-state index contributed by atoms with van der Waals surface area (Å²) in [6, 6.07) is 0.751. The van der Waals surface area contributed by atoms with Gasteiger partial charge in [0.15, 0.2) is 5.78 Å². The number of hydrogen-bond donors (Lipinski definition) is 18. The zero-order chi connectivity index (χ0) is 82.5. The van der Waals surface area contributed by atoms with Gasteiger partial charge in [-0.15, -0.1) is 0 Å². The Balaban J connectivity index is 1.55. The van der Waals surface area contributed by atoms with E-state index in [1.807, 2.05) is 6.26 Å². The molecule has 21 N–H and O–H groups in total. The lowest BCUT2D eigenvalue weighted by Gasteiger charge is -2.26. The Morgan fingerprint density at radius 3 is 1.60 bits per heavy atom. The van der Waals surface area contributed by atoms with Gasteiger partial charge in [-0.3, -0.25) is 87.1 Å². The highest BCUT2D eigenvalue weighted by Crippen LogP contribution is 2.22. The van der Waals surface area contributed by atoms with Gasteiger partial charge in [0.25, 0.3) is 6.47 Å². The van der Waals surface area contributed by atoms with Crippen molar-refractivity contribution in [3.8, 4) is 11.5 Å². The highest BCUT2D eigenvalue weighted by Gasteiger charge is 2.36. The van der Waals surface area contributed by atoms with E-state index < -0.39 is 169 Å². The fourth-order valence-electron chi connectivity index (χ4n) is 12.1. The lowest BCUT2D eigenvalue weighted by Crippen LogP contribution is -2.58. The van der Waals surface area contributed by atoms with Crippen molar-refractivity contribution in [3.63, 3.8) is 0 Å². The zero-order valence-corrected chi connectivity index (χ0v) is 65.0. The molecule has 0 radical (unpaired) electrons. The first-order chi connectivity index (χ1) is 53.4. The summed E-state index contributed by atoms with van der Waals surface area (Å²) in [5.74, 6) is -13.4. The average Bonchev–Trinajstić information content (AvgIpc) is 1.31. The number of nitrogens with two attached hydrogens (primary N) is 3. The molecule has 4 unspecified atom stereocenters. The van der Waals surface area contributed by atoms with E-state index in [9.17, 15) is 92.0 Å². The quantitative estimate of drug-likeness (QED) is 0.0132. The Kier molecular flexibility index (Phi) is 43.8. The first kappa shape index (κ1) is 94.1. The van der Waals surface area contributed by atoms with Gasteiger partial charge in [0.1, 0.15) is 65.9 Å². The van der Waals surface area contributed by atoms with Crippen LogP contribution < -0.4 is 75.7 Å². The lowest BCUT2D eigenvalue weighted by molar-refractivity contribution is -0.141. The van der Waals surface area contributed by atoms with Crippen molar-refractivity contribution in [2.24, 2.45) is 34.0 Å². The van der Waals surface area contributed by atoms with Crippen LogP contribution in [0, 0.1) is 17.2 Å². The highest BCUT2D eigenvalue weighted by atomic mass is 33.1. The molecular formula is C74H110N16O20S2. The molecule has 2 aliphatic heterocycles. The van der Waals surface area contributed by atoms with Crippen LogP contribution in [0.2, 0.25) is 0 Å². The monoisotopic (exact) mass is 1610 g/mol. The van der Waals surface area contributed by atoms with Gasteiger partial charge in [0.05, 0.1) is 49.2 Å². The maximum absolute atomic E-state index is 14.5. The maximum atomic E-state index is 14.5. The zero-order valence-electron chi connectivity index (χ0n) is 63.4. The number of ketones is 3. The van der Waals surface area contributed by atoms with E-state index in [4.69, 9.17) is 27.3 Å². The van der Waals surface area contributed by atoms with E-state index in [2.05, 4.69) is 63.5 Å². The predicted octanol–water partition coefficient (Wildman–Crippen LogP) is -0.410. The first-order valence-electron chi connectivity index (χ1n) is 37.6. The minimum absolute atomic E-state index is 0.00225. The van der Waals surface area contributed by atoms with E-state index >= 15 is 0 Å². The number of benzene rings is 2. The van der Waals surface area contributed by atoms with E-state index in [0.29, 0.717) is 49.0 Å². The lowest BCUT2D eigenvalue weighted by atomic mass is 9.93. The number of carboxylic acids is 1. The Morgan fingerprint density at radius 2 is 1.06 bits per heavy atom. The number of carboxylic acid groups (broad SMARTS) is 1. The Bertz CT molecular complexity index is 3550. The summed E-state index contributed by atoms with van der Waals surface area (Å²) in [5, 5.41) is 65.8. The molecule has 0 aliphatic carbocycles. The number of rotatable bonds is 45. The molecule has 2 aromatic carbocycles. The van der Waals surface area contributed by atoms with Crippen LogP contribution in [0.25, 0.3) is 0 Å². The number of amidine groups is 2. The molecule has 112 heavy (non-hydrogen) atoms. The summed E-state index contributed by atoms with van der Waals surface area (Å²) in [6.45, 7) is -0.162. The van der Waals surface area contributed by atoms with Crippen molar-refractivity contribution >= 4 is 128 Å². The molecule has 36 nitrogen and oxygen atoms in total. The second-order valence-electron chi connectivity index (χ2n) is 27.6. The summed E-state index contributed by atoms with van der Waals surface area (Å²) in [5.41, 5.74) is 18.2. The van der Waals surface area contributed by atoms with Gasteiger partial charge in [-0.1, -0.05) is 65.1 Å². The summed E-state index contributed by atoms with van der Waals surface area (Å²) in [4.78, 5) is 221. The van der Waals surface area contributed by atoms with Crippen LogP contribution in [-0.4, -0.2) is 221 Å². The van der Waals surface area contributed by atoms with Crippen LogP contribution in [0.5, 0.6) is 11.5 Å². The number of unbranched alkanes of at least 4 members (excludes halogenated alkanes) is 6. The molecule has 2 aromatic rings. The maximum Gasteiger partial charge on any atom is 0.305 e. The molecule has 2 fully saturated rings. The number of nitrogens with one attached hydrogen (secondary N) is 12. The fraction of sp³-hybridized carbons (Fsp3) is 0.595. The van der Waals surface area contributed by atoms with Crippen molar-refractivity contribution in [3.05, 3.63) is 59.7 Å². The molecule has 0 bridgehead atoms. The third kappa shape index (κ3) is 38.1. The number of amides is 11. The fourth-order valence-corrected chi connectivity index (χ4v) is 13.4. The van der Waals surface area contributed by atoms with Crippen LogP contribution in [0.1, 0.15) is 166 Å². The molecule has 2 saturated heterocycles. The number of Topliss-reactive ketones (excluding diaryl/α,β-unsaturated/α-hetero) is 3. The number of hydrogen-bond acceptors (Lipinski definition) is 24. The van der Waals surface area contributed by atoms with Gasteiger partial charge in [-0.2, -0.15) is 0 Å². The topological polar surface area (TPSA) is 590 Å². The van der Waals surface area contributed by atoms with Crippen molar-refractivity contribution < 1.29 is 96.8 Å². The van der Waals surface area contributed by atoms with Gasteiger partial charge in [-0.05, 0) is 138 Å². The van der Waals surface area contributed by atoms with E-state index in [-0.39, 0.29) is 176 Å². The molecule has 0 aromatic heterocycles. The number of ether oxygens (including phenoxy) is 1. The van der Waals surface area contributed by atoms with Gasteiger partial charge < -0.3 is 95.7 Å². The van der Waals surface area contributed by atoms with Crippen LogP contribution >= 0.6 is 21.6 Å². The largest absolute Gasteiger partial charge is 0.508 e. The van der Waals surface area contributed by atoms with Gasteiger partial charge in [0, 0.05) is 76.3 Å². The smallest absolute Gasteiger partial charge is 0.305 e. The molecule has 4 rings (SSSR count). The van der Waals surface area contributed by atoms with Crippen LogP contribution in [0.15, 0.2) is 53.5 Å². The van der Waals surface area contributed by atoms with Crippen LogP contribution in [0.4, 0.5) is 0 Å². The normalized spacial score (nSPS) is 20.5. The third-order valence-electron chi connectivity index (χ3n) is 18.3. The predicted molar refractivity (Wildman–Crippen MR) is 415 cm³/mol. The number of nitrogens with zero attached hydrogens (tertiary/aromatic N) is 1.